The van der Waals surface area contributed by atoms with Gasteiger partial charge in [0, 0.05) is 12.5 Å². The number of carbonyl (C=O) groups is 2. The van der Waals surface area contributed by atoms with Crippen molar-refractivity contribution in [3.8, 4) is 0 Å². The van der Waals surface area contributed by atoms with Gasteiger partial charge >= 0.3 is 11.9 Å². The molecule has 0 aliphatic carbocycles. The summed E-state index contributed by atoms with van der Waals surface area (Å²) in [5.41, 5.74) is -0.0471. The highest BCUT2D eigenvalue weighted by Gasteiger charge is 2.33. The molecule has 1 fully saturated rings. The number of rotatable bonds is 3. The third kappa shape index (κ3) is 2.54. The van der Waals surface area contributed by atoms with Gasteiger partial charge in [-0.05, 0) is 12.5 Å². The van der Waals surface area contributed by atoms with Gasteiger partial charge in [0.25, 0.3) is 5.69 Å². The zero-order chi connectivity index (χ0) is 14.0. The van der Waals surface area contributed by atoms with Crippen molar-refractivity contribution in [2.75, 3.05) is 6.61 Å². The summed E-state index contributed by atoms with van der Waals surface area (Å²) in [7, 11) is 0. The predicted octanol–water partition coefficient (Wildman–Crippen LogP) is 1.38. The molecular formula is C12H11NO6. The summed E-state index contributed by atoms with van der Waals surface area (Å²) in [6, 6.07) is 4.27. The molecule has 2 rings (SSSR count). The number of benzene rings is 1. The third-order valence-electron chi connectivity index (χ3n) is 2.79. The van der Waals surface area contributed by atoms with Crippen LogP contribution < -0.4 is 0 Å². The minimum atomic E-state index is -0.980. The molecule has 0 saturated carbocycles. The second-order valence-corrected chi connectivity index (χ2v) is 4.08. The highest BCUT2D eigenvalue weighted by atomic mass is 16.6. The molecule has 7 heteroatoms. The first-order chi connectivity index (χ1) is 9.00. The molecule has 1 saturated heterocycles. The lowest BCUT2D eigenvalue weighted by Gasteiger charge is -2.10. The van der Waals surface area contributed by atoms with Crippen molar-refractivity contribution in [2.24, 2.45) is 0 Å². The van der Waals surface area contributed by atoms with Crippen molar-refractivity contribution in [3.05, 3.63) is 39.4 Å². The Hall–Kier alpha value is -2.44. The first-order valence-corrected chi connectivity index (χ1v) is 5.62. The lowest BCUT2D eigenvalue weighted by molar-refractivity contribution is -0.385. The molecule has 1 heterocycles. The van der Waals surface area contributed by atoms with Crippen LogP contribution in [0.2, 0.25) is 0 Å². The van der Waals surface area contributed by atoms with Crippen LogP contribution in [0.4, 0.5) is 5.69 Å². The predicted molar refractivity (Wildman–Crippen MR) is 62.6 cm³/mol. The van der Waals surface area contributed by atoms with Crippen molar-refractivity contribution >= 4 is 17.6 Å². The Morgan fingerprint density at radius 1 is 1.53 bits per heavy atom. The SMILES string of the molecule is Cc1cccc([N+](=O)[O-])c1C(=O)O[C@@H]1CCOC1=O. The summed E-state index contributed by atoms with van der Waals surface area (Å²) in [6.45, 7) is 1.75. The maximum Gasteiger partial charge on any atom is 0.347 e. The van der Waals surface area contributed by atoms with Crippen molar-refractivity contribution in [3.63, 3.8) is 0 Å². The number of nitro benzene ring substituents is 1. The Morgan fingerprint density at radius 2 is 2.26 bits per heavy atom. The number of aryl methyl sites for hydroxylation is 1. The molecule has 1 aromatic rings. The van der Waals surface area contributed by atoms with Gasteiger partial charge < -0.3 is 9.47 Å². The van der Waals surface area contributed by atoms with Crippen molar-refractivity contribution in [1.82, 2.24) is 0 Å². The fraction of sp³-hybridized carbons (Fsp3) is 0.333. The molecule has 1 aliphatic heterocycles. The molecule has 7 nitrogen and oxygen atoms in total. The van der Waals surface area contributed by atoms with Crippen LogP contribution >= 0.6 is 0 Å². The van der Waals surface area contributed by atoms with E-state index in [1.165, 1.54) is 12.1 Å². The number of hydrogen-bond acceptors (Lipinski definition) is 6. The highest BCUT2D eigenvalue weighted by molar-refractivity contribution is 5.97. The fourth-order valence-electron chi connectivity index (χ4n) is 1.84. The van der Waals surface area contributed by atoms with E-state index in [0.717, 1.165) is 0 Å². The quantitative estimate of drug-likeness (QED) is 0.465. The summed E-state index contributed by atoms with van der Waals surface area (Å²) in [5.74, 6) is -1.50. The third-order valence-corrected chi connectivity index (χ3v) is 2.79. The summed E-state index contributed by atoms with van der Waals surface area (Å²) < 4.78 is 9.62. The lowest BCUT2D eigenvalue weighted by Crippen LogP contribution is -2.23. The minimum absolute atomic E-state index is 0.132. The zero-order valence-corrected chi connectivity index (χ0v) is 10.1. The molecule has 0 amide bonds. The van der Waals surface area contributed by atoms with E-state index in [0.29, 0.717) is 5.56 Å². The van der Waals surface area contributed by atoms with Crippen molar-refractivity contribution < 1.29 is 24.0 Å². The van der Waals surface area contributed by atoms with E-state index in [-0.39, 0.29) is 24.3 Å². The second kappa shape index (κ2) is 5.05. The normalized spacial score (nSPS) is 17.9. The van der Waals surface area contributed by atoms with Crippen LogP contribution in [0.1, 0.15) is 22.3 Å². The molecule has 0 aromatic heterocycles. The Labute approximate surface area is 108 Å². The molecular weight excluding hydrogens is 254 g/mol. The molecule has 0 radical (unpaired) electrons. The van der Waals surface area contributed by atoms with Gasteiger partial charge in [0.1, 0.15) is 5.56 Å². The Morgan fingerprint density at radius 3 is 2.84 bits per heavy atom. The minimum Gasteiger partial charge on any atom is -0.463 e. The van der Waals surface area contributed by atoms with Gasteiger partial charge in [-0.1, -0.05) is 12.1 Å². The maximum atomic E-state index is 12.0. The molecule has 100 valence electrons. The second-order valence-electron chi connectivity index (χ2n) is 4.08. The number of hydrogen-bond donors (Lipinski definition) is 0. The van der Waals surface area contributed by atoms with Gasteiger partial charge in [0.05, 0.1) is 11.5 Å². The number of esters is 2. The molecule has 1 atom stereocenters. The first kappa shape index (κ1) is 13.0. The van der Waals surface area contributed by atoms with Crippen molar-refractivity contribution in [1.29, 1.82) is 0 Å². The van der Waals surface area contributed by atoms with Crippen LogP contribution in [0.25, 0.3) is 0 Å². The molecule has 0 N–H and O–H groups in total. The highest BCUT2D eigenvalue weighted by Crippen LogP contribution is 2.24. The molecule has 0 unspecified atom stereocenters. The summed E-state index contributed by atoms with van der Waals surface area (Å²) >= 11 is 0. The maximum absolute atomic E-state index is 12.0. The molecule has 0 spiro atoms. The number of nitrogens with zero attached hydrogens (tertiary/aromatic N) is 1. The smallest absolute Gasteiger partial charge is 0.347 e. The van der Waals surface area contributed by atoms with E-state index in [2.05, 4.69) is 4.74 Å². The van der Waals surface area contributed by atoms with Crippen molar-refractivity contribution in [2.45, 2.75) is 19.4 Å². The van der Waals surface area contributed by atoms with Crippen LogP contribution in [-0.4, -0.2) is 29.6 Å². The van der Waals surface area contributed by atoms with E-state index in [1.807, 2.05) is 0 Å². The van der Waals surface area contributed by atoms with Crippen LogP contribution in [0.15, 0.2) is 18.2 Å². The molecule has 1 aliphatic rings. The average Bonchev–Trinajstić information content (AvgIpc) is 2.74. The zero-order valence-electron chi connectivity index (χ0n) is 10.1. The van der Waals surface area contributed by atoms with Gasteiger partial charge in [-0.15, -0.1) is 0 Å². The van der Waals surface area contributed by atoms with E-state index in [1.54, 1.807) is 13.0 Å². The standard InChI is InChI=1S/C12H11NO6/c1-7-3-2-4-8(13(16)17)10(7)12(15)19-9-5-6-18-11(9)14/h2-4,9H,5-6H2,1H3/t9-/m1/s1. The Balaban J connectivity index is 2.28. The van der Waals surface area contributed by atoms with E-state index in [4.69, 9.17) is 4.74 Å². The number of nitro groups is 1. The van der Waals surface area contributed by atoms with Gasteiger partial charge in [-0.25, -0.2) is 9.59 Å². The van der Waals surface area contributed by atoms with Gasteiger partial charge in [-0.3, -0.25) is 10.1 Å². The number of carbonyl (C=O) groups excluding carboxylic acids is 2. The monoisotopic (exact) mass is 265 g/mol. The first-order valence-electron chi connectivity index (χ1n) is 5.62. The topological polar surface area (TPSA) is 95.7 Å². The van der Waals surface area contributed by atoms with Gasteiger partial charge in [0.15, 0.2) is 0 Å². The molecule has 1 aromatic carbocycles. The molecule has 19 heavy (non-hydrogen) atoms. The van der Waals surface area contributed by atoms with Gasteiger partial charge in [0.2, 0.25) is 6.10 Å². The fourth-order valence-corrected chi connectivity index (χ4v) is 1.84. The summed E-state index contributed by atoms with van der Waals surface area (Å²) in [6.07, 6.45) is -0.712. The summed E-state index contributed by atoms with van der Waals surface area (Å²) in [4.78, 5) is 33.4. The van der Waals surface area contributed by atoms with Crippen LogP contribution in [0.5, 0.6) is 0 Å². The average molecular weight is 265 g/mol. The molecule has 0 bridgehead atoms. The van der Waals surface area contributed by atoms with Crippen LogP contribution in [0.3, 0.4) is 0 Å². The lowest BCUT2D eigenvalue weighted by atomic mass is 10.1. The van der Waals surface area contributed by atoms with E-state index < -0.39 is 23.0 Å². The largest absolute Gasteiger partial charge is 0.463 e. The Bertz CT molecular complexity index is 553. The van der Waals surface area contributed by atoms with E-state index >= 15 is 0 Å². The van der Waals surface area contributed by atoms with E-state index in [9.17, 15) is 19.7 Å². The number of cyclic esters (lactones) is 1. The number of ether oxygens (including phenoxy) is 2. The van der Waals surface area contributed by atoms with Crippen LogP contribution in [-0.2, 0) is 14.3 Å². The Kier molecular flexibility index (Phi) is 3.46. The van der Waals surface area contributed by atoms with Crippen LogP contribution in [0, 0.1) is 17.0 Å². The summed E-state index contributed by atoms with van der Waals surface area (Å²) in [5, 5.41) is 10.9. The van der Waals surface area contributed by atoms with Gasteiger partial charge in [-0.2, -0.15) is 0 Å².